The van der Waals surface area contributed by atoms with Gasteiger partial charge in [-0.25, -0.2) is 4.98 Å². The molecule has 10 heteroatoms. The average Bonchev–Trinajstić information content (AvgIpc) is 3.35. The van der Waals surface area contributed by atoms with Gasteiger partial charge in [-0.1, -0.05) is 46.6 Å². The fourth-order valence-corrected chi connectivity index (χ4v) is 5.66. The van der Waals surface area contributed by atoms with E-state index in [0.717, 1.165) is 10.4 Å². The summed E-state index contributed by atoms with van der Waals surface area (Å²) < 4.78 is 6.96. The van der Waals surface area contributed by atoms with Crippen molar-refractivity contribution in [1.29, 1.82) is 0 Å². The number of hydrogen-bond donors (Lipinski definition) is 0. The Morgan fingerprint density at radius 1 is 1.19 bits per heavy atom. The van der Waals surface area contributed by atoms with Crippen LogP contribution in [0.1, 0.15) is 26.6 Å². The number of aryl methyl sites for hydroxylation is 2. The van der Waals surface area contributed by atoms with Gasteiger partial charge in [0.2, 0.25) is 0 Å². The van der Waals surface area contributed by atoms with E-state index < -0.39 is 0 Å². The lowest BCUT2D eigenvalue weighted by Gasteiger charge is -2.11. The van der Waals surface area contributed by atoms with E-state index in [9.17, 15) is 9.59 Å². The number of halogens is 3. The summed E-state index contributed by atoms with van der Waals surface area (Å²) in [7, 11) is 0. The molecular weight excluding hydrogens is 499 g/mol. The molecule has 160 valence electrons. The lowest BCUT2D eigenvalue weighted by molar-refractivity contribution is 0.102. The van der Waals surface area contributed by atoms with Gasteiger partial charge in [0, 0.05) is 10.4 Å². The maximum Gasteiger partial charge on any atom is 0.263 e. The van der Waals surface area contributed by atoms with E-state index in [2.05, 4.69) is 4.98 Å². The number of nitrogens with zero attached hydrogens (tertiary/aromatic N) is 2. The molecule has 5 nitrogen and oxygen atoms in total. The number of aromatic nitrogens is 2. The Balaban J connectivity index is 1.72. The molecule has 4 rings (SSSR count). The maximum absolute atomic E-state index is 13.3. The normalized spacial score (nSPS) is 11.4. The lowest BCUT2D eigenvalue weighted by Crippen LogP contribution is -2.24. The van der Waals surface area contributed by atoms with Crippen molar-refractivity contribution in [1.82, 2.24) is 9.55 Å². The predicted octanol–water partition coefficient (Wildman–Crippen LogP) is 6.65. The van der Waals surface area contributed by atoms with E-state index >= 15 is 0 Å². The monoisotopic (exact) mass is 512 g/mol. The van der Waals surface area contributed by atoms with Crippen molar-refractivity contribution in [3.8, 4) is 0 Å². The lowest BCUT2D eigenvalue weighted by atomic mass is 10.1. The van der Waals surface area contributed by atoms with Gasteiger partial charge in [0.15, 0.2) is 10.9 Å². The molecule has 0 bridgehead atoms. The van der Waals surface area contributed by atoms with Crippen LogP contribution in [-0.4, -0.2) is 21.1 Å². The molecule has 0 amide bonds. The van der Waals surface area contributed by atoms with Gasteiger partial charge in [0.1, 0.15) is 10.6 Å². The van der Waals surface area contributed by atoms with Gasteiger partial charge >= 0.3 is 0 Å². The van der Waals surface area contributed by atoms with Gasteiger partial charge in [-0.2, -0.15) is 0 Å². The van der Waals surface area contributed by atoms with Crippen molar-refractivity contribution in [2.75, 3.05) is 5.75 Å². The SMILES string of the molecule is Cc1sc2nc(SCC(=O)c3ccc(Cl)c(Cl)c3Cl)n(Cc3ccco3)c(=O)c2c1C. The van der Waals surface area contributed by atoms with Crippen molar-refractivity contribution < 1.29 is 9.21 Å². The molecule has 3 aromatic heterocycles. The van der Waals surface area contributed by atoms with Crippen LogP contribution < -0.4 is 5.56 Å². The fourth-order valence-electron chi connectivity index (χ4n) is 3.07. The summed E-state index contributed by atoms with van der Waals surface area (Å²) in [5.41, 5.74) is 1.03. The summed E-state index contributed by atoms with van der Waals surface area (Å²) in [5, 5.41) is 1.55. The van der Waals surface area contributed by atoms with E-state index in [-0.39, 0.29) is 44.3 Å². The topological polar surface area (TPSA) is 65.1 Å². The predicted molar refractivity (Wildman–Crippen MR) is 128 cm³/mol. The molecule has 0 N–H and O–H groups in total. The quantitative estimate of drug-likeness (QED) is 0.125. The first-order valence-corrected chi connectivity index (χ1v) is 12.0. The van der Waals surface area contributed by atoms with Crippen molar-refractivity contribution >= 4 is 73.9 Å². The summed E-state index contributed by atoms with van der Waals surface area (Å²) in [6, 6.07) is 6.62. The number of rotatable bonds is 6. The molecule has 0 fully saturated rings. The molecule has 0 radical (unpaired) electrons. The molecule has 1 aromatic carbocycles. The van der Waals surface area contributed by atoms with Crippen LogP contribution in [0.25, 0.3) is 10.2 Å². The second-order valence-electron chi connectivity index (χ2n) is 6.76. The number of hydrogen-bond acceptors (Lipinski definition) is 6. The largest absolute Gasteiger partial charge is 0.467 e. The zero-order valence-electron chi connectivity index (χ0n) is 16.4. The number of Topliss-reactive ketones (excluding diaryl/α,β-unsaturated/α-hetero) is 1. The maximum atomic E-state index is 13.3. The number of carbonyl (C=O) groups is 1. The van der Waals surface area contributed by atoms with Gasteiger partial charge in [-0.3, -0.25) is 14.2 Å². The van der Waals surface area contributed by atoms with Gasteiger partial charge in [-0.05, 0) is 43.7 Å². The molecule has 0 atom stereocenters. The Bertz CT molecular complexity index is 1360. The first-order valence-electron chi connectivity index (χ1n) is 9.10. The van der Waals surface area contributed by atoms with Crippen LogP contribution in [-0.2, 0) is 6.54 Å². The van der Waals surface area contributed by atoms with Crippen molar-refractivity contribution in [3.63, 3.8) is 0 Å². The van der Waals surface area contributed by atoms with E-state index in [1.807, 2.05) is 13.8 Å². The Hall–Kier alpha value is -1.77. The van der Waals surface area contributed by atoms with Crippen molar-refractivity contribution in [3.05, 3.63) is 77.7 Å². The number of fused-ring (bicyclic) bond motifs is 1. The Labute approximate surface area is 200 Å². The van der Waals surface area contributed by atoms with Crippen LogP contribution in [0.5, 0.6) is 0 Å². The first kappa shape index (κ1) is 22.4. The van der Waals surface area contributed by atoms with Crippen molar-refractivity contribution in [2.24, 2.45) is 0 Å². The summed E-state index contributed by atoms with van der Waals surface area (Å²) >= 11 is 20.8. The molecule has 0 aliphatic carbocycles. The number of benzene rings is 1. The standard InChI is InChI=1S/C21H15Cl3N2O3S2/c1-10-11(2)31-19-16(10)20(28)26(8-12-4-3-7-29-12)21(25-19)30-9-15(27)13-5-6-14(22)18(24)17(13)23/h3-7H,8-9H2,1-2H3. The fraction of sp³-hybridized carbons (Fsp3) is 0.190. The number of thioether (sulfide) groups is 1. The van der Waals surface area contributed by atoms with Crippen LogP contribution in [0.15, 0.2) is 44.9 Å². The molecule has 31 heavy (non-hydrogen) atoms. The van der Waals surface area contributed by atoms with Gasteiger partial charge in [0.05, 0.1) is 39.0 Å². The summed E-state index contributed by atoms with van der Waals surface area (Å²) in [6.45, 7) is 4.09. The first-order chi connectivity index (χ1) is 14.8. The highest BCUT2D eigenvalue weighted by atomic mass is 35.5. The zero-order valence-corrected chi connectivity index (χ0v) is 20.3. The number of furan rings is 1. The van der Waals surface area contributed by atoms with Crippen molar-refractivity contribution in [2.45, 2.75) is 25.5 Å². The Morgan fingerprint density at radius 2 is 1.97 bits per heavy atom. The molecule has 0 aliphatic rings. The van der Waals surface area contributed by atoms with Crippen LogP contribution in [0.3, 0.4) is 0 Å². The van der Waals surface area contributed by atoms with Gasteiger partial charge in [0.25, 0.3) is 5.56 Å². The number of thiophene rings is 1. The summed E-state index contributed by atoms with van der Waals surface area (Å²) in [6.07, 6.45) is 1.55. The molecule has 0 aliphatic heterocycles. The highest BCUT2D eigenvalue weighted by Gasteiger charge is 2.20. The Morgan fingerprint density at radius 3 is 2.68 bits per heavy atom. The minimum Gasteiger partial charge on any atom is -0.467 e. The third-order valence-electron chi connectivity index (χ3n) is 4.82. The van der Waals surface area contributed by atoms with E-state index in [4.69, 9.17) is 39.2 Å². The second-order valence-corrected chi connectivity index (χ2v) is 10.1. The molecule has 3 heterocycles. The number of ketones is 1. The van der Waals surface area contributed by atoms with Gasteiger partial charge in [-0.15, -0.1) is 11.3 Å². The zero-order chi connectivity index (χ0) is 22.3. The minimum atomic E-state index is -0.244. The third kappa shape index (κ3) is 4.30. The molecule has 0 saturated carbocycles. The second kappa shape index (κ2) is 9.00. The highest BCUT2D eigenvalue weighted by Crippen LogP contribution is 2.34. The summed E-state index contributed by atoms with van der Waals surface area (Å²) in [4.78, 5) is 32.5. The van der Waals surface area contributed by atoms with Crippen LogP contribution in [0.4, 0.5) is 0 Å². The molecule has 0 saturated heterocycles. The van der Waals surface area contributed by atoms with E-state index in [1.54, 1.807) is 18.4 Å². The highest BCUT2D eigenvalue weighted by molar-refractivity contribution is 7.99. The molecular formula is C21H15Cl3N2O3S2. The van der Waals surface area contributed by atoms with Gasteiger partial charge < -0.3 is 4.42 Å². The van der Waals surface area contributed by atoms with Crippen LogP contribution in [0, 0.1) is 13.8 Å². The third-order valence-corrected chi connectivity index (χ3v) is 8.19. The minimum absolute atomic E-state index is 0.0249. The van der Waals surface area contributed by atoms with Crippen LogP contribution >= 0.6 is 57.9 Å². The summed E-state index contributed by atoms with van der Waals surface area (Å²) in [5.74, 6) is 0.400. The number of carbonyl (C=O) groups excluding carboxylic acids is 1. The van der Waals surface area contributed by atoms with E-state index in [0.29, 0.717) is 21.1 Å². The van der Waals surface area contributed by atoms with E-state index in [1.165, 1.54) is 39.8 Å². The Kier molecular flexibility index (Phi) is 6.51. The smallest absolute Gasteiger partial charge is 0.263 e. The molecule has 0 unspecified atom stereocenters. The molecule has 0 spiro atoms. The molecule has 4 aromatic rings. The van der Waals surface area contributed by atoms with Crippen LogP contribution in [0.2, 0.25) is 15.1 Å². The average molecular weight is 514 g/mol.